The Morgan fingerprint density at radius 3 is 1.88 bits per heavy atom. The van der Waals surface area contributed by atoms with E-state index in [-0.39, 0.29) is 0 Å². The highest BCUT2D eigenvalue weighted by atomic mass is 15.0. The van der Waals surface area contributed by atoms with E-state index in [2.05, 4.69) is 125 Å². The van der Waals surface area contributed by atoms with Crippen molar-refractivity contribution in [2.75, 3.05) is 0 Å². The summed E-state index contributed by atoms with van der Waals surface area (Å²) in [7, 11) is 0. The van der Waals surface area contributed by atoms with Crippen LogP contribution < -0.4 is 0 Å². The van der Waals surface area contributed by atoms with Crippen molar-refractivity contribution < 1.29 is 0 Å². The molecule has 3 heterocycles. The van der Waals surface area contributed by atoms with Gasteiger partial charge in [0.25, 0.3) is 0 Å². The second-order valence-electron chi connectivity index (χ2n) is 14.6. The highest BCUT2D eigenvalue weighted by Gasteiger charge is 2.25. The van der Waals surface area contributed by atoms with Crippen molar-refractivity contribution in [2.45, 2.75) is 76.0 Å². The zero-order chi connectivity index (χ0) is 33.0. The standard InChI is InChI=1S/C45H41N5/c1-4-13-30(14-5-1)43-46-44(31-15-6-2-7-16-31)48-45(47-43)33-17-12-20-37(26-33)50-40-22-11-10-21-38(40)39-27-34-25-32-23-24-49(36-18-8-3-9-19-36)41(32)28-35(34)29-42(39)50/h3,8-12,17-31H,1-2,4-7,13-16H2. The summed E-state index contributed by atoms with van der Waals surface area (Å²) in [5.74, 6) is 3.76. The smallest absolute Gasteiger partial charge is 0.163 e. The first-order valence-electron chi connectivity index (χ1n) is 18.7. The molecule has 10 rings (SSSR count). The Balaban J connectivity index is 1.14. The van der Waals surface area contributed by atoms with Crippen molar-refractivity contribution in [1.82, 2.24) is 24.1 Å². The Labute approximate surface area is 292 Å². The number of benzene rings is 5. The van der Waals surface area contributed by atoms with Gasteiger partial charge in [-0.15, -0.1) is 0 Å². The zero-order valence-corrected chi connectivity index (χ0v) is 28.4. The Morgan fingerprint density at radius 1 is 0.460 bits per heavy atom. The summed E-state index contributed by atoms with van der Waals surface area (Å²) in [6, 6.07) is 40.0. The van der Waals surface area contributed by atoms with Gasteiger partial charge in [0.05, 0.1) is 16.6 Å². The van der Waals surface area contributed by atoms with E-state index in [9.17, 15) is 0 Å². The van der Waals surface area contributed by atoms with Crippen molar-refractivity contribution in [1.29, 1.82) is 0 Å². The van der Waals surface area contributed by atoms with Crippen molar-refractivity contribution in [3.8, 4) is 22.8 Å². The molecule has 2 saturated carbocycles. The fraction of sp³-hybridized carbons (Fsp3) is 0.267. The molecule has 2 aliphatic rings. The van der Waals surface area contributed by atoms with Crippen molar-refractivity contribution >= 4 is 43.5 Å². The van der Waals surface area contributed by atoms with E-state index in [0.717, 1.165) is 28.7 Å². The molecule has 5 heteroatoms. The van der Waals surface area contributed by atoms with Crippen LogP contribution in [-0.4, -0.2) is 24.1 Å². The Kier molecular flexibility index (Phi) is 7.25. The average Bonchev–Trinajstić information content (AvgIpc) is 3.75. The summed E-state index contributed by atoms with van der Waals surface area (Å²) in [6.07, 6.45) is 14.7. The molecule has 246 valence electrons. The van der Waals surface area contributed by atoms with Crippen LogP contribution in [0.4, 0.5) is 0 Å². The van der Waals surface area contributed by atoms with E-state index >= 15 is 0 Å². The van der Waals surface area contributed by atoms with Gasteiger partial charge < -0.3 is 9.13 Å². The molecule has 0 unspecified atom stereocenters. The van der Waals surface area contributed by atoms with E-state index in [1.807, 2.05) is 0 Å². The third kappa shape index (κ3) is 5.10. The van der Waals surface area contributed by atoms with E-state index < -0.39 is 0 Å². The summed E-state index contributed by atoms with van der Waals surface area (Å²) in [5.41, 5.74) is 6.98. The van der Waals surface area contributed by atoms with Gasteiger partial charge in [0.2, 0.25) is 0 Å². The van der Waals surface area contributed by atoms with Crippen LogP contribution in [0.15, 0.2) is 115 Å². The highest BCUT2D eigenvalue weighted by Crippen LogP contribution is 2.39. The maximum Gasteiger partial charge on any atom is 0.163 e. The molecular weight excluding hydrogens is 611 g/mol. The van der Waals surface area contributed by atoms with Crippen LogP contribution in [0.2, 0.25) is 0 Å². The van der Waals surface area contributed by atoms with E-state index in [4.69, 9.17) is 15.0 Å². The number of fused-ring (bicyclic) bond motifs is 5. The Hall–Kier alpha value is -5.29. The molecule has 0 saturated heterocycles. The third-order valence-corrected chi connectivity index (χ3v) is 11.4. The maximum atomic E-state index is 5.23. The van der Waals surface area contributed by atoms with Crippen LogP contribution in [0.3, 0.4) is 0 Å². The zero-order valence-electron chi connectivity index (χ0n) is 28.4. The van der Waals surface area contributed by atoms with Crippen LogP contribution in [0.25, 0.3) is 66.2 Å². The fourth-order valence-electron chi connectivity index (χ4n) is 8.85. The van der Waals surface area contributed by atoms with Crippen LogP contribution >= 0.6 is 0 Å². The second-order valence-corrected chi connectivity index (χ2v) is 14.6. The normalized spacial score (nSPS) is 16.2. The molecule has 0 radical (unpaired) electrons. The minimum atomic E-state index is 0.441. The third-order valence-electron chi connectivity index (χ3n) is 11.4. The van der Waals surface area contributed by atoms with Crippen LogP contribution in [0.1, 0.15) is 87.7 Å². The number of rotatable bonds is 5. The fourth-order valence-corrected chi connectivity index (χ4v) is 8.85. The molecule has 0 amide bonds. The first-order valence-corrected chi connectivity index (χ1v) is 18.7. The first-order chi connectivity index (χ1) is 24.8. The summed E-state index contributed by atoms with van der Waals surface area (Å²) in [5, 5.41) is 6.25. The van der Waals surface area contributed by atoms with Crippen molar-refractivity contribution in [2.24, 2.45) is 0 Å². The highest BCUT2D eigenvalue weighted by molar-refractivity contribution is 6.15. The van der Waals surface area contributed by atoms with Gasteiger partial charge >= 0.3 is 0 Å². The predicted molar refractivity (Wildman–Crippen MR) is 206 cm³/mol. The molecule has 0 N–H and O–H groups in total. The Bertz CT molecular complexity index is 2480. The van der Waals surface area contributed by atoms with E-state index in [1.165, 1.54) is 113 Å². The van der Waals surface area contributed by atoms with Gasteiger partial charge in [0.15, 0.2) is 5.82 Å². The van der Waals surface area contributed by atoms with Gasteiger partial charge in [-0.2, -0.15) is 0 Å². The average molecular weight is 652 g/mol. The molecule has 0 spiro atoms. The molecular formula is C45H41N5. The van der Waals surface area contributed by atoms with Crippen LogP contribution in [0.5, 0.6) is 0 Å². The van der Waals surface area contributed by atoms with E-state index in [1.54, 1.807) is 0 Å². The van der Waals surface area contributed by atoms with Gasteiger partial charge in [0, 0.05) is 51.1 Å². The topological polar surface area (TPSA) is 48.5 Å². The number of para-hydroxylation sites is 2. The van der Waals surface area contributed by atoms with Crippen LogP contribution in [0, 0.1) is 0 Å². The van der Waals surface area contributed by atoms with Crippen LogP contribution in [-0.2, 0) is 0 Å². The molecule has 2 fully saturated rings. The molecule has 0 bridgehead atoms. The molecule has 5 aromatic carbocycles. The number of hydrogen-bond donors (Lipinski definition) is 0. The molecule has 50 heavy (non-hydrogen) atoms. The SMILES string of the molecule is c1ccc(-n2ccc3cc4cc5c6ccccc6n(-c6cccc(-c7nc(C8CCCCC8)nc(C8CCCCC8)n7)c6)c5cc4cc32)cc1. The lowest BCUT2D eigenvalue weighted by molar-refractivity contribution is 0.409. The maximum absolute atomic E-state index is 5.23. The van der Waals surface area contributed by atoms with Gasteiger partial charge in [0.1, 0.15) is 11.6 Å². The minimum absolute atomic E-state index is 0.441. The summed E-state index contributed by atoms with van der Waals surface area (Å²) >= 11 is 0. The van der Waals surface area contributed by atoms with Gasteiger partial charge in [-0.25, -0.2) is 15.0 Å². The van der Waals surface area contributed by atoms with E-state index in [0.29, 0.717) is 11.8 Å². The van der Waals surface area contributed by atoms with Gasteiger partial charge in [-0.3, -0.25) is 0 Å². The summed E-state index contributed by atoms with van der Waals surface area (Å²) in [6.45, 7) is 0. The molecule has 2 aliphatic carbocycles. The lowest BCUT2D eigenvalue weighted by Crippen LogP contribution is -2.16. The molecule has 0 aliphatic heterocycles. The Morgan fingerprint density at radius 2 is 1.12 bits per heavy atom. The lowest BCUT2D eigenvalue weighted by Gasteiger charge is -2.24. The number of nitrogens with zero attached hydrogens (tertiary/aromatic N) is 5. The first kappa shape index (κ1) is 29.6. The molecule has 0 atom stereocenters. The largest absolute Gasteiger partial charge is 0.317 e. The van der Waals surface area contributed by atoms with Gasteiger partial charge in [-0.05, 0) is 97.1 Å². The summed E-state index contributed by atoms with van der Waals surface area (Å²) in [4.78, 5) is 15.7. The lowest BCUT2D eigenvalue weighted by atomic mass is 9.87. The quantitative estimate of drug-likeness (QED) is 0.186. The van der Waals surface area contributed by atoms with Crippen molar-refractivity contribution in [3.63, 3.8) is 0 Å². The summed E-state index contributed by atoms with van der Waals surface area (Å²) < 4.78 is 4.72. The molecule has 8 aromatic rings. The predicted octanol–water partition coefficient (Wildman–Crippen LogP) is 11.8. The number of hydrogen-bond acceptors (Lipinski definition) is 3. The monoisotopic (exact) mass is 651 g/mol. The number of aromatic nitrogens is 5. The second kappa shape index (κ2) is 12.2. The molecule has 3 aromatic heterocycles. The molecule has 5 nitrogen and oxygen atoms in total. The van der Waals surface area contributed by atoms with Gasteiger partial charge in [-0.1, -0.05) is 87.1 Å². The minimum Gasteiger partial charge on any atom is -0.317 e. The van der Waals surface area contributed by atoms with Crippen molar-refractivity contribution in [3.05, 3.63) is 127 Å².